The number of nitrogens with one attached hydrogen (secondary N) is 1. The topological polar surface area (TPSA) is 76.6 Å². The van der Waals surface area contributed by atoms with Crippen LogP contribution in [0.5, 0.6) is 5.75 Å². The molecule has 0 bridgehead atoms. The Bertz CT molecular complexity index is 955. The number of H-pyrrole nitrogens is 1. The van der Waals surface area contributed by atoms with Gasteiger partial charge in [0, 0.05) is 24.7 Å². The van der Waals surface area contributed by atoms with E-state index in [1.54, 1.807) is 11.5 Å². The molecule has 2 fully saturated rings. The highest BCUT2D eigenvalue weighted by molar-refractivity contribution is 5.93. The number of ether oxygens (including phenoxy) is 2. The first-order valence-electron chi connectivity index (χ1n) is 8.41. The fraction of sp³-hybridized carbons (Fsp3) is 0.529. The van der Waals surface area contributed by atoms with Crippen LogP contribution in [0.2, 0.25) is 0 Å². The minimum atomic E-state index is -0.583. The highest BCUT2D eigenvalue weighted by atomic mass is 19.1. The molecule has 2 aliphatic rings. The highest BCUT2D eigenvalue weighted by Crippen LogP contribution is 2.43. The Hall–Kier alpha value is -2.35. The smallest absolute Gasteiger partial charge is 0.329 e. The number of benzene rings is 1. The number of hydrogen-bond acceptors (Lipinski definition) is 5. The number of nitrogens with zero attached hydrogens (tertiary/aromatic N) is 2. The van der Waals surface area contributed by atoms with Crippen LogP contribution >= 0.6 is 0 Å². The van der Waals surface area contributed by atoms with Gasteiger partial charge < -0.3 is 14.4 Å². The molecule has 0 atom stereocenters. The number of aromatic amines is 1. The molecule has 0 radical (unpaired) electrons. The van der Waals surface area contributed by atoms with Crippen molar-refractivity contribution in [3.05, 3.63) is 32.2 Å². The fourth-order valence-electron chi connectivity index (χ4n) is 3.56. The summed E-state index contributed by atoms with van der Waals surface area (Å²) in [5.74, 6) is -0.243. The average molecular weight is 349 g/mol. The molecule has 1 aromatic carbocycles. The van der Waals surface area contributed by atoms with Crippen LogP contribution in [0.15, 0.2) is 9.59 Å². The predicted molar refractivity (Wildman–Crippen MR) is 91.4 cm³/mol. The molecule has 0 spiro atoms. The Kier molecular flexibility index (Phi) is 3.79. The van der Waals surface area contributed by atoms with Gasteiger partial charge in [-0.05, 0) is 19.8 Å². The van der Waals surface area contributed by atoms with E-state index in [0.29, 0.717) is 37.5 Å². The molecule has 2 aromatic rings. The quantitative estimate of drug-likeness (QED) is 0.904. The average Bonchev–Trinajstić information content (AvgIpc) is 3.43. The van der Waals surface area contributed by atoms with E-state index in [1.807, 2.05) is 4.90 Å². The van der Waals surface area contributed by atoms with Crippen LogP contribution in [0.1, 0.15) is 24.4 Å². The van der Waals surface area contributed by atoms with Crippen LogP contribution < -0.4 is 20.9 Å². The van der Waals surface area contributed by atoms with Crippen molar-refractivity contribution < 1.29 is 13.9 Å². The summed E-state index contributed by atoms with van der Waals surface area (Å²) in [5, 5.41) is 0.179. The Morgan fingerprint density at radius 3 is 2.52 bits per heavy atom. The van der Waals surface area contributed by atoms with E-state index in [1.165, 1.54) is 7.11 Å². The molecule has 7 nitrogen and oxygen atoms in total. The standard InChI is InChI=1S/C17H20FN3O4/c1-9-11-13(21(10-3-4-10)17(23)19-16(11)22)15(24-2)14(12(9)18)20-5-7-25-8-6-20/h10H,3-8H2,1-2H3,(H,19,22,23). The van der Waals surface area contributed by atoms with E-state index in [9.17, 15) is 9.59 Å². The first kappa shape index (κ1) is 16.1. The minimum Gasteiger partial charge on any atom is -0.492 e. The van der Waals surface area contributed by atoms with E-state index in [-0.39, 0.29) is 22.7 Å². The lowest BCUT2D eigenvalue weighted by molar-refractivity contribution is 0.122. The fourth-order valence-corrected chi connectivity index (χ4v) is 3.56. The third-order valence-corrected chi connectivity index (χ3v) is 4.93. The summed E-state index contributed by atoms with van der Waals surface area (Å²) in [6, 6.07) is 0.0168. The Balaban J connectivity index is 2.13. The molecule has 25 heavy (non-hydrogen) atoms. The summed E-state index contributed by atoms with van der Waals surface area (Å²) in [6.07, 6.45) is 1.71. The molecule has 1 aliphatic carbocycles. The third kappa shape index (κ3) is 2.43. The molecule has 1 saturated carbocycles. The molecule has 1 saturated heterocycles. The van der Waals surface area contributed by atoms with Gasteiger partial charge in [-0.1, -0.05) is 0 Å². The van der Waals surface area contributed by atoms with Crippen LogP contribution in [-0.2, 0) is 4.74 Å². The molecule has 1 N–H and O–H groups in total. The van der Waals surface area contributed by atoms with Gasteiger partial charge >= 0.3 is 5.69 Å². The van der Waals surface area contributed by atoms with Gasteiger partial charge in [-0.25, -0.2) is 9.18 Å². The maximum absolute atomic E-state index is 15.2. The summed E-state index contributed by atoms with van der Waals surface area (Å²) in [5.41, 5.74) is -0.139. The number of aromatic nitrogens is 2. The molecule has 0 amide bonds. The molecule has 134 valence electrons. The number of rotatable bonds is 3. The number of morpholine rings is 1. The normalized spacial score (nSPS) is 18.0. The van der Waals surface area contributed by atoms with E-state index >= 15 is 4.39 Å². The third-order valence-electron chi connectivity index (χ3n) is 4.93. The molecule has 1 aliphatic heterocycles. The van der Waals surface area contributed by atoms with Gasteiger partial charge in [-0.3, -0.25) is 14.3 Å². The Morgan fingerprint density at radius 1 is 1.24 bits per heavy atom. The van der Waals surface area contributed by atoms with Crippen molar-refractivity contribution in [3.63, 3.8) is 0 Å². The Labute approximate surface area is 143 Å². The van der Waals surface area contributed by atoms with Crippen molar-refractivity contribution in [1.29, 1.82) is 0 Å². The predicted octanol–water partition coefficient (Wildman–Crippen LogP) is 1.32. The van der Waals surface area contributed by atoms with E-state index < -0.39 is 17.1 Å². The zero-order chi connectivity index (χ0) is 17.7. The van der Waals surface area contributed by atoms with E-state index in [0.717, 1.165) is 12.8 Å². The van der Waals surface area contributed by atoms with Gasteiger partial charge in [0.15, 0.2) is 11.6 Å². The van der Waals surface area contributed by atoms with Crippen LogP contribution in [0.25, 0.3) is 10.9 Å². The van der Waals surface area contributed by atoms with Crippen LogP contribution in [0, 0.1) is 12.7 Å². The van der Waals surface area contributed by atoms with Gasteiger partial charge in [0.1, 0.15) is 11.2 Å². The van der Waals surface area contributed by atoms with Gasteiger partial charge in [0.2, 0.25) is 0 Å². The monoisotopic (exact) mass is 349 g/mol. The summed E-state index contributed by atoms with van der Waals surface area (Å²) in [4.78, 5) is 29.0. The number of halogens is 1. The second-order valence-electron chi connectivity index (χ2n) is 6.50. The van der Waals surface area contributed by atoms with E-state index in [2.05, 4.69) is 4.98 Å². The van der Waals surface area contributed by atoms with Crippen molar-refractivity contribution in [3.8, 4) is 5.75 Å². The maximum atomic E-state index is 15.2. The number of methoxy groups -OCH3 is 1. The maximum Gasteiger partial charge on any atom is 0.329 e. The molecular formula is C17H20FN3O4. The van der Waals surface area contributed by atoms with Crippen molar-refractivity contribution >= 4 is 16.6 Å². The zero-order valence-electron chi connectivity index (χ0n) is 14.2. The van der Waals surface area contributed by atoms with Crippen LogP contribution in [0.4, 0.5) is 10.1 Å². The van der Waals surface area contributed by atoms with Gasteiger partial charge in [0.05, 0.1) is 25.7 Å². The van der Waals surface area contributed by atoms with Crippen molar-refractivity contribution in [2.75, 3.05) is 38.3 Å². The SMILES string of the molecule is COc1c(N2CCOCC2)c(F)c(C)c2c(=O)[nH]c(=O)n(C3CC3)c12. The van der Waals surface area contributed by atoms with Crippen molar-refractivity contribution in [2.24, 2.45) is 0 Å². The van der Waals surface area contributed by atoms with Crippen LogP contribution in [0.3, 0.4) is 0 Å². The number of hydrogen-bond donors (Lipinski definition) is 1. The minimum absolute atomic E-state index is 0.0168. The summed E-state index contributed by atoms with van der Waals surface area (Å²) in [6.45, 7) is 3.59. The summed E-state index contributed by atoms with van der Waals surface area (Å²) >= 11 is 0. The van der Waals surface area contributed by atoms with Gasteiger partial charge in [-0.15, -0.1) is 0 Å². The lowest BCUT2D eigenvalue weighted by Crippen LogP contribution is -2.38. The first-order chi connectivity index (χ1) is 12.0. The lowest BCUT2D eigenvalue weighted by atomic mass is 10.1. The molecule has 4 rings (SSSR count). The first-order valence-corrected chi connectivity index (χ1v) is 8.41. The molecule has 0 unspecified atom stereocenters. The number of fused-ring (bicyclic) bond motifs is 1. The lowest BCUT2D eigenvalue weighted by Gasteiger charge is -2.31. The second-order valence-corrected chi connectivity index (χ2v) is 6.50. The molecule has 2 heterocycles. The molecule has 8 heteroatoms. The van der Waals surface area contributed by atoms with E-state index in [4.69, 9.17) is 9.47 Å². The Morgan fingerprint density at radius 2 is 1.92 bits per heavy atom. The number of anilines is 1. The van der Waals surface area contributed by atoms with Gasteiger partial charge in [-0.2, -0.15) is 0 Å². The van der Waals surface area contributed by atoms with Crippen LogP contribution in [-0.4, -0.2) is 43.0 Å². The largest absolute Gasteiger partial charge is 0.492 e. The summed E-state index contributed by atoms with van der Waals surface area (Å²) < 4.78 is 27.6. The van der Waals surface area contributed by atoms with Crippen molar-refractivity contribution in [1.82, 2.24) is 9.55 Å². The highest BCUT2D eigenvalue weighted by Gasteiger charge is 2.32. The van der Waals surface area contributed by atoms with Crippen molar-refractivity contribution in [2.45, 2.75) is 25.8 Å². The zero-order valence-corrected chi connectivity index (χ0v) is 14.2. The molecular weight excluding hydrogens is 329 g/mol. The number of aryl methyl sites for hydroxylation is 1. The van der Waals surface area contributed by atoms with Gasteiger partial charge in [0.25, 0.3) is 5.56 Å². The summed E-state index contributed by atoms with van der Waals surface area (Å²) in [7, 11) is 1.44. The second kappa shape index (κ2) is 5.87. The molecule has 1 aromatic heterocycles.